The standard InChI is InChI=1S/C8H17S/c1-6-9-8(4,5)7(2)3/h7H,1,6H2,2-5H3. The summed E-state index contributed by atoms with van der Waals surface area (Å²) in [6.07, 6.45) is 0. The van der Waals surface area contributed by atoms with Crippen molar-refractivity contribution in [1.29, 1.82) is 0 Å². The highest BCUT2D eigenvalue weighted by molar-refractivity contribution is 8.00. The summed E-state index contributed by atoms with van der Waals surface area (Å²) >= 11 is 1.93. The number of rotatable bonds is 3. The average Bonchev–Trinajstić information content (AvgIpc) is 1.65. The van der Waals surface area contributed by atoms with Crippen LogP contribution in [0.2, 0.25) is 0 Å². The van der Waals surface area contributed by atoms with Gasteiger partial charge in [0.1, 0.15) is 0 Å². The van der Waals surface area contributed by atoms with Gasteiger partial charge in [-0.1, -0.05) is 27.7 Å². The predicted molar refractivity (Wildman–Crippen MR) is 46.7 cm³/mol. The molecule has 0 N–H and O–H groups in total. The van der Waals surface area contributed by atoms with Gasteiger partial charge in [0.15, 0.2) is 0 Å². The Morgan fingerprint density at radius 2 is 1.89 bits per heavy atom. The molecular formula is C8H17S. The van der Waals surface area contributed by atoms with Crippen LogP contribution in [-0.4, -0.2) is 10.5 Å². The van der Waals surface area contributed by atoms with E-state index in [0.717, 1.165) is 11.7 Å². The maximum atomic E-state index is 3.82. The van der Waals surface area contributed by atoms with Crippen LogP contribution in [-0.2, 0) is 0 Å². The van der Waals surface area contributed by atoms with Crippen molar-refractivity contribution in [3.8, 4) is 0 Å². The summed E-state index contributed by atoms with van der Waals surface area (Å²) in [5, 5.41) is 0. The Morgan fingerprint density at radius 3 is 2.00 bits per heavy atom. The molecule has 0 aliphatic heterocycles. The molecule has 0 atom stereocenters. The van der Waals surface area contributed by atoms with E-state index in [0.29, 0.717) is 4.75 Å². The van der Waals surface area contributed by atoms with Crippen molar-refractivity contribution in [2.45, 2.75) is 32.4 Å². The van der Waals surface area contributed by atoms with Crippen LogP contribution >= 0.6 is 11.8 Å². The van der Waals surface area contributed by atoms with E-state index in [1.54, 1.807) is 0 Å². The fourth-order valence-electron chi connectivity index (χ4n) is 0.430. The summed E-state index contributed by atoms with van der Waals surface area (Å²) in [5.41, 5.74) is 0. The maximum Gasteiger partial charge on any atom is 0.0126 e. The minimum Gasteiger partial charge on any atom is -0.155 e. The molecule has 0 saturated carbocycles. The predicted octanol–water partition coefficient (Wildman–Crippen LogP) is 2.99. The van der Waals surface area contributed by atoms with Crippen LogP contribution in [0.25, 0.3) is 0 Å². The Bertz CT molecular complexity index is 74.6. The largest absolute Gasteiger partial charge is 0.155 e. The molecule has 0 aromatic heterocycles. The second-order valence-electron chi connectivity index (χ2n) is 3.11. The lowest BCUT2D eigenvalue weighted by atomic mass is 10.00. The molecule has 0 aromatic rings. The van der Waals surface area contributed by atoms with E-state index in [4.69, 9.17) is 0 Å². The average molecular weight is 145 g/mol. The SMILES string of the molecule is [CH2]CSC(C)(C)C(C)C. The Kier molecular flexibility index (Phi) is 3.64. The molecular weight excluding hydrogens is 128 g/mol. The lowest BCUT2D eigenvalue weighted by Crippen LogP contribution is -2.22. The molecule has 0 rings (SSSR count). The van der Waals surface area contributed by atoms with Crippen molar-refractivity contribution in [3.05, 3.63) is 6.92 Å². The fraction of sp³-hybridized carbons (Fsp3) is 0.875. The van der Waals surface area contributed by atoms with E-state index in [2.05, 4.69) is 34.6 Å². The first-order valence-electron chi connectivity index (χ1n) is 3.44. The second-order valence-corrected chi connectivity index (χ2v) is 4.86. The molecule has 0 aromatic carbocycles. The molecule has 0 nitrogen and oxygen atoms in total. The van der Waals surface area contributed by atoms with Gasteiger partial charge in [-0.05, 0) is 18.6 Å². The summed E-state index contributed by atoms with van der Waals surface area (Å²) in [6, 6.07) is 0. The zero-order valence-corrected chi connectivity index (χ0v) is 7.72. The van der Waals surface area contributed by atoms with Crippen molar-refractivity contribution in [3.63, 3.8) is 0 Å². The van der Waals surface area contributed by atoms with Crippen LogP contribution in [0, 0.1) is 12.8 Å². The van der Waals surface area contributed by atoms with Crippen molar-refractivity contribution in [1.82, 2.24) is 0 Å². The quantitative estimate of drug-likeness (QED) is 0.588. The minimum atomic E-state index is 0.405. The Labute approximate surface area is 63.4 Å². The zero-order chi connectivity index (χ0) is 7.49. The van der Waals surface area contributed by atoms with Crippen molar-refractivity contribution < 1.29 is 0 Å². The van der Waals surface area contributed by atoms with E-state index in [1.807, 2.05) is 11.8 Å². The molecule has 0 fully saturated rings. The van der Waals surface area contributed by atoms with Gasteiger partial charge in [0.25, 0.3) is 0 Å². The number of hydrogen-bond donors (Lipinski definition) is 0. The van der Waals surface area contributed by atoms with E-state index < -0.39 is 0 Å². The third-order valence-corrected chi connectivity index (χ3v) is 3.28. The van der Waals surface area contributed by atoms with Gasteiger partial charge in [-0.2, -0.15) is 11.8 Å². The monoisotopic (exact) mass is 145 g/mol. The molecule has 55 valence electrons. The first kappa shape index (κ1) is 9.35. The molecule has 0 heterocycles. The molecule has 0 unspecified atom stereocenters. The van der Waals surface area contributed by atoms with E-state index in [1.165, 1.54) is 0 Å². The van der Waals surface area contributed by atoms with Gasteiger partial charge in [0, 0.05) is 4.75 Å². The van der Waals surface area contributed by atoms with Crippen LogP contribution < -0.4 is 0 Å². The normalized spacial score (nSPS) is 12.7. The van der Waals surface area contributed by atoms with E-state index >= 15 is 0 Å². The minimum absolute atomic E-state index is 0.405. The van der Waals surface area contributed by atoms with Crippen LogP contribution in [0.5, 0.6) is 0 Å². The fourth-order valence-corrected chi connectivity index (χ4v) is 1.29. The highest BCUT2D eigenvalue weighted by Crippen LogP contribution is 2.31. The summed E-state index contributed by atoms with van der Waals surface area (Å²) < 4.78 is 0.405. The highest BCUT2D eigenvalue weighted by Gasteiger charge is 2.20. The van der Waals surface area contributed by atoms with Gasteiger partial charge in [0.05, 0.1) is 0 Å². The smallest absolute Gasteiger partial charge is 0.0126 e. The lowest BCUT2D eigenvalue weighted by Gasteiger charge is -2.27. The second kappa shape index (κ2) is 3.50. The molecule has 1 radical (unpaired) electrons. The summed E-state index contributed by atoms with van der Waals surface area (Å²) in [6.45, 7) is 12.9. The molecule has 0 spiro atoms. The van der Waals surface area contributed by atoms with Crippen LogP contribution in [0.4, 0.5) is 0 Å². The third-order valence-electron chi connectivity index (χ3n) is 1.86. The van der Waals surface area contributed by atoms with Crippen molar-refractivity contribution in [2.24, 2.45) is 5.92 Å². The lowest BCUT2D eigenvalue weighted by molar-refractivity contribution is 0.504. The van der Waals surface area contributed by atoms with E-state index in [-0.39, 0.29) is 0 Å². The molecule has 0 aliphatic carbocycles. The van der Waals surface area contributed by atoms with Gasteiger partial charge in [-0.15, -0.1) is 0 Å². The number of thioether (sulfide) groups is 1. The third kappa shape index (κ3) is 3.14. The van der Waals surface area contributed by atoms with E-state index in [9.17, 15) is 0 Å². The topological polar surface area (TPSA) is 0 Å². The van der Waals surface area contributed by atoms with Gasteiger partial charge in [-0.25, -0.2) is 0 Å². The van der Waals surface area contributed by atoms with Crippen LogP contribution in [0.15, 0.2) is 0 Å². The highest BCUT2D eigenvalue weighted by atomic mass is 32.2. The molecule has 0 amide bonds. The Hall–Kier alpha value is 0.350. The van der Waals surface area contributed by atoms with Crippen LogP contribution in [0.3, 0.4) is 0 Å². The Morgan fingerprint density at radius 1 is 1.44 bits per heavy atom. The van der Waals surface area contributed by atoms with Gasteiger partial charge >= 0.3 is 0 Å². The van der Waals surface area contributed by atoms with Crippen molar-refractivity contribution >= 4 is 11.8 Å². The summed E-state index contributed by atoms with van der Waals surface area (Å²) in [4.78, 5) is 0. The molecule has 0 aliphatic rings. The first-order chi connectivity index (χ1) is 4.00. The zero-order valence-electron chi connectivity index (χ0n) is 6.90. The van der Waals surface area contributed by atoms with Gasteiger partial charge < -0.3 is 0 Å². The molecule has 1 heteroatoms. The van der Waals surface area contributed by atoms with Gasteiger partial charge in [-0.3, -0.25) is 0 Å². The first-order valence-corrected chi connectivity index (χ1v) is 4.42. The molecule has 0 bridgehead atoms. The summed E-state index contributed by atoms with van der Waals surface area (Å²) in [7, 11) is 0. The molecule has 0 saturated heterocycles. The maximum absolute atomic E-state index is 3.82. The molecule has 9 heavy (non-hydrogen) atoms. The Balaban J connectivity index is 3.70. The van der Waals surface area contributed by atoms with Crippen molar-refractivity contribution in [2.75, 3.05) is 5.75 Å². The van der Waals surface area contributed by atoms with Gasteiger partial charge in [0.2, 0.25) is 0 Å². The summed E-state index contributed by atoms with van der Waals surface area (Å²) in [5.74, 6) is 1.72. The number of hydrogen-bond acceptors (Lipinski definition) is 1. The van der Waals surface area contributed by atoms with Crippen LogP contribution in [0.1, 0.15) is 27.7 Å².